The van der Waals surface area contributed by atoms with Crippen LogP contribution in [0.5, 0.6) is 0 Å². The van der Waals surface area contributed by atoms with E-state index < -0.39 is 0 Å². The zero-order valence-electron chi connectivity index (χ0n) is 10.0. The van der Waals surface area contributed by atoms with E-state index in [2.05, 4.69) is 11.1 Å². The summed E-state index contributed by atoms with van der Waals surface area (Å²) in [7, 11) is 1.96. The topological polar surface area (TPSA) is 65.9 Å². The Morgan fingerprint density at radius 3 is 2.62 bits per heavy atom. The SMILES string of the molecule is CC(CC#N)N(C)c1ccc([C@H](C)N)nc1. The second kappa shape index (κ2) is 5.47. The van der Waals surface area contributed by atoms with Gasteiger partial charge in [-0.25, -0.2) is 0 Å². The largest absolute Gasteiger partial charge is 0.370 e. The fourth-order valence-electron chi connectivity index (χ4n) is 1.40. The minimum atomic E-state index is -0.0455. The molecule has 0 aliphatic heterocycles. The van der Waals surface area contributed by atoms with E-state index in [1.54, 1.807) is 6.20 Å². The standard InChI is InChI=1S/C12H18N4/c1-9(6-7-13)16(3)11-4-5-12(10(2)14)15-8-11/h4-5,8-10H,6,14H2,1-3H3/t9?,10-/m0/s1. The first kappa shape index (κ1) is 12.5. The van der Waals surface area contributed by atoms with E-state index in [9.17, 15) is 0 Å². The molecule has 16 heavy (non-hydrogen) atoms. The van der Waals surface area contributed by atoms with Gasteiger partial charge in [-0.15, -0.1) is 0 Å². The van der Waals surface area contributed by atoms with Crippen molar-refractivity contribution in [3.05, 3.63) is 24.0 Å². The Kier molecular flexibility index (Phi) is 4.27. The highest BCUT2D eigenvalue weighted by Gasteiger charge is 2.10. The minimum Gasteiger partial charge on any atom is -0.370 e. The number of hydrogen-bond donors (Lipinski definition) is 1. The lowest BCUT2D eigenvalue weighted by Crippen LogP contribution is -2.28. The van der Waals surface area contributed by atoms with Crippen LogP contribution in [0.15, 0.2) is 18.3 Å². The molecule has 86 valence electrons. The van der Waals surface area contributed by atoms with Crippen molar-refractivity contribution in [3.63, 3.8) is 0 Å². The smallest absolute Gasteiger partial charge is 0.0643 e. The Hall–Kier alpha value is -1.60. The normalized spacial score (nSPS) is 13.9. The van der Waals surface area contributed by atoms with Crippen LogP contribution < -0.4 is 10.6 Å². The van der Waals surface area contributed by atoms with Crippen LogP contribution in [0.4, 0.5) is 5.69 Å². The number of hydrogen-bond acceptors (Lipinski definition) is 4. The molecule has 1 rings (SSSR count). The van der Waals surface area contributed by atoms with E-state index >= 15 is 0 Å². The molecule has 0 saturated heterocycles. The Balaban J connectivity index is 2.78. The quantitative estimate of drug-likeness (QED) is 0.837. The Morgan fingerprint density at radius 2 is 2.19 bits per heavy atom. The van der Waals surface area contributed by atoms with Gasteiger partial charge in [0.2, 0.25) is 0 Å². The van der Waals surface area contributed by atoms with Crippen molar-refractivity contribution < 1.29 is 0 Å². The molecule has 0 amide bonds. The van der Waals surface area contributed by atoms with Gasteiger partial charge in [0.15, 0.2) is 0 Å². The summed E-state index contributed by atoms with van der Waals surface area (Å²) in [6.45, 7) is 3.92. The number of nitrogens with zero attached hydrogens (tertiary/aromatic N) is 3. The van der Waals surface area contributed by atoms with Gasteiger partial charge in [-0.2, -0.15) is 5.26 Å². The molecule has 2 N–H and O–H groups in total. The highest BCUT2D eigenvalue weighted by molar-refractivity contribution is 5.45. The van der Waals surface area contributed by atoms with Crippen LogP contribution in [0, 0.1) is 11.3 Å². The summed E-state index contributed by atoms with van der Waals surface area (Å²) in [6, 6.07) is 6.22. The molecule has 0 bridgehead atoms. The number of nitriles is 1. The van der Waals surface area contributed by atoms with Gasteiger partial charge in [-0.1, -0.05) is 0 Å². The molecular weight excluding hydrogens is 200 g/mol. The molecule has 0 fully saturated rings. The van der Waals surface area contributed by atoms with Gasteiger partial charge in [0, 0.05) is 19.1 Å². The van der Waals surface area contributed by atoms with E-state index in [0.29, 0.717) is 6.42 Å². The molecule has 1 unspecified atom stereocenters. The summed E-state index contributed by atoms with van der Waals surface area (Å²) in [4.78, 5) is 6.34. The van der Waals surface area contributed by atoms with Crippen molar-refractivity contribution in [1.29, 1.82) is 5.26 Å². The third-order valence-corrected chi connectivity index (χ3v) is 2.69. The van der Waals surface area contributed by atoms with E-state index in [1.807, 2.05) is 37.9 Å². The van der Waals surface area contributed by atoms with Gasteiger partial charge in [0.05, 0.1) is 30.1 Å². The van der Waals surface area contributed by atoms with Crippen LogP contribution >= 0.6 is 0 Å². The van der Waals surface area contributed by atoms with Crippen LogP contribution in [-0.4, -0.2) is 18.1 Å². The molecule has 4 nitrogen and oxygen atoms in total. The third kappa shape index (κ3) is 2.94. The molecular formula is C12H18N4. The van der Waals surface area contributed by atoms with Gasteiger partial charge in [-0.3, -0.25) is 4.98 Å². The van der Waals surface area contributed by atoms with Gasteiger partial charge in [0.25, 0.3) is 0 Å². The van der Waals surface area contributed by atoms with E-state index in [0.717, 1.165) is 11.4 Å². The predicted octanol–water partition coefficient (Wildman–Crippen LogP) is 1.84. The lowest BCUT2D eigenvalue weighted by atomic mass is 10.2. The second-order valence-corrected chi connectivity index (χ2v) is 4.05. The van der Waals surface area contributed by atoms with Crippen LogP contribution in [-0.2, 0) is 0 Å². The predicted molar refractivity (Wildman–Crippen MR) is 64.9 cm³/mol. The first-order valence-corrected chi connectivity index (χ1v) is 5.37. The molecule has 0 saturated carbocycles. The minimum absolute atomic E-state index is 0.0455. The van der Waals surface area contributed by atoms with Crippen LogP contribution in [0.25, 0.3) is 0 Å². The molecule has 1 heterocycles. The van der Waals surface area contributed by atoms with Crippen molar-refractivity contribution in [1.82, 2.24) is 4.98 Å². The molecule has 2 atom stereocenters. The Bertz CT molecular complexity index is 364. The number of rotatable bonds is 4. The fourth-order valence-corrected chi connectivity index (χ4v) is 1.40. The molecule has 0 radical (unpaired) electrons. The van der Waals surface area contributed by atoms with Crippen molar-refractivity contribution in [2.75, 3.05) is 11.9 Å². The molecule has 0 aliphatic carbocycles. The molecule has 0 spiro atoms. The first-order chi connectivity index (χ1) is 7.56. The van der Waals surface area contributed by atoms with Crippen LogP contribution in [0.2, 0.25) is 0 Å². The molecule has 0 aliphatic rings. The Labute approximate surface area is 96.7 Å². The summed E-state index contributed by atoms with van der Waals surface area (Å²) in [5, 5.41) is 8.64. The maximum absolute atomic E-state index is 8.64. The summed E-state index contributed by atoms with van der Waals surface area (Å²) in [6.07, 6.45) is 2.30. The Morgan fingerprint density at radius 1 is 1.50 bits per heavy atom. The molecule has 1 aromatic rings. The average Bonchev–Trinajstić information content (AvgIpc) is 2.28. The fraction of sp³-hybridized carbons (Fsp3) is 0.500. The maximum atomic E-state index is 8.64. The lowest BCUT2D eigenvalue weighted by Gasteiger charge is -2.25. The van der Waals surface area contributed by atoms with E-state index in [-0.39, 0.29) is 12.1 Å². The monoisotopic (exact) mass is 218 g/mol. The molecule has 4 heteroatoms. The van der Waals surface area contributed by atoms with Crippen LogP contribution in [0.1, 0.15) is 32.0 Å². The van der Waals surface area contributed by atoms with Crippen molar-refractivity contribution >= 4 is 5.69 Å². The average molecular weight is 218 g/mol. The lowest BCUT2D eigenvalue weighted by molar-refractivity contribution is 0.699. The van der Waals surface area contributed by atoms with Crippen LogP contribution in [0.3, 0.4) is 0 Å². The number of nitrogens with two attached hydrogens (primary N) is 1. The van der Waals surface area contributed by atoms with Gasteiger partial charge < -0.3 is 10.6 Å². The van der Waals surface area contributed by atoms with Crippen molar-refractivity contribution in [2.24, 2.45) is 5.73 Å². The van der Waals surface area contributed by atoms with Gasteiger partial charge in [0.1, 0.15) is 0 Å². The van der Waals surface area contributed by atoms with Crippen molar-refractivity contribution in [2.45, 2.75) is 32.4 Å². The molecule has 0 aromatic carbocycles. The highest BCUT2D eigenvalue weighted by atomic mass is 15.1. The zero-order valence-corrected chi connectivity index (χ0v) is 10.0. The van der Waals surface area contributed by atoms with Gasteiger partial charge in [-0.05, 0) is 26.0 Å². The van der Waals surface area contributed by atoms with E-state index in [4.69, 9.17) is 11.0 Å². The summed E-state index contributed by atoms with van der Waals surface area (Å²) < 4.78 is 0. The summed E-state index contributed by atoms with van der Waals surface area (Å²) in [5.41, 5.74) is 7.61. The third-order valence-electron chi connectivity index (χ3n) is 2.69. The van der Waals surface area contributed by atoms with Crippen molar-refractivity contribution in [3.8, 4) is 6.07 Å². The number of anilines is 1. The highest BCUT2D eigenvalue weighted by Crippen LogP contribution is 2.17. The number of aromatic nitrogens is 1. The van der Waals surface area contributed by atoms with E-state index in [1.165, 1.54) is 0 Å². The van der Waals surface area contributed by atoms with Gasteiger partial charge >= 0.3 is 0 Å². The second-order valence-electron chi connectivity index (χ2n) is 4.05. The zero-order chi connectivity index (χ0) is 12.1. The maximum Gasteiger partial charge on any atom is 0.0643 e. The summed E-state index contributed by atoms with van der Waals surface area (Å²) >= 11 is 0. The number of pyridine rings is 1. The molecule has 1 aromatic heterocycles. The first-order valence-electron chi connectivity index (χ1n) is 5.37. The summed E-state index contributed by atoms with van der Waals surface area (Å²) in [5.74, 6) is 0.